The number of H-pyrrole nitrogens is 1. The lowest BCUT2D eigenvalue weighted by Crippen LogP contribution is -2.99. The number of hydrogen-bond acceptors (Lipinski definition) is 1. The number of carbonyl (C=O) groups is 1. The normalized spacial score (nSPS) is 21.0. The number of fused-ring (bicyclic) bond motifs is 6. The quantitative estimate of drug-likeness (QED) is 0.723. The van der Waals surface area contributed by atoms with Gasteiger partial charge in [0, 0.05) is 23.9 Å². The van der Waals surface area contributed by atoms with Crippen molar-refractivity contribution in [3.8, 4) is 0 Å². The molecule has 1 amide bonds. The first-order chi connectivity index (χ1) is 13.5. The zero-order valence-electron chi connectivity index (χ0n) is 16.3. The molecule has 144 valence electrons. The Morgan fingerprint density at radius 3 is 2.89 bits per heavy atom. The third-order valence-corrected chi connectivity index (χ3v) is 6.24. The molecule has 3 aromatic rings. The van der Waals surface area contributed by atoms with Gasteiger partial charge < -0.3 is 15.2 Å². The van der Waals surface area contributed by atoms with E-state index in [0.717, 1.165) is 52.8 Å². The number of benzene rings is 2. The fourth-order valence-electron chi connectivity index (χ4n) is 4.88. The Labute approximate surface area is 163 Å². The van der Waals surface area contributed by atoms with Gasteiger partial charge in [-0.3, -0.25) is 4.79 Å². The average Bonchev–Trinajstić information content (AvgIpc) is 3.16. The fourth-order valence-corrected chi connectivity index (χ4v) is 4.88. The molecule has 4 nitrogen and oxygen atoms in total. The number of halogens is 1. The Kier molecular flexibility index (Phi) is 3.85. The molecule has 0 radical (unpaired) electrons. The number of aromatic amines is 1. The van der Waals surface area contributed by atoms with Crippen LogP contribution in [-0.4, -0.2) is 24.0 Å². The molecule has 0 bridgehead atoms. The van der Waals surface area contributed by atoms with Crippen LogP contribution in [0.1, 0.15) is 37.1 Å². The second-order valence-corrected chi connectivity index (χ2v) is 8.38. The highest BCUT2D eigenvalue weighted by atomic mass is 19.1. The summed E-state index contributed by atoms with van der Waals surface area (Å²) in [5.41, 5.74) is 4.14. The van der Waals surface area contributed by atoms with Crippen molar-refractivity contribution in [1.29, 1.82) is 0 Å². The monoisotopic (exact) mass is 378 g/mol. The van der Waals surface area contributed by atoms with Gasteiger partial charge >= 0.3 is 0 Å². The molecule has 1 atom stereocenters. The van der Waals surface area contributed by atoms with Crippen molar-refractivity contribution in [1.82, 2.24) is 4.98 Å². The van der Waals surface area contributed by atoms with Crippen LogP contribution in [0.2, 0.25) is 0 Å². The second-order valence-electron chi connectivity index (χ2n) is 8.38. The lowest BCUT2D eigenvalue weighted by atomic mass is 9.82. The van der Waals surface area contributed by atoms with Crippen LogP contribution in [0.5, 0.6) is 0 Å². The highest BCUT2D eigenvalue weighted by Gasteiger charge is 2.58. The number of nitrogens with two attached hydrogens (primary N) is 1. The van der Waals surface area contributed by atoms with E-state index in [0.29, 0.717) is 12.5 Å². The molecular weight excluding hydrogens is 353 g/mol. The van der Waals surface area contributed by atoms with Crippen LogP contribution in [0, 0.1) is 11.7 Å². The van der Waals surface area contributed by atoms with E-state index in [2.05, 4.69) is 30.2 Å². The summed E-state index contributed by atoms with van der Waals surface area (Å²) < 4.78 is 13.9. The van der Waals surface area contributed by atoms with Crippen molar-refractivity contribution in [3.05, 3.63) is 65.1 Å². The van der Waals surface area contributed by atoms with Crippen LogP contribution in [0.25, 0.3) is 10.9 Å². The lowest BCUT2D eigenvalue weighted by Gasteiger charge is -2.30. The van der Waals surface area contributed by atoms with Crippen molar-refractivity contribution < 1.29 is 14.5 Å². The molecule has 2 aliphatic heterocycles. The molecule has 5 rings (SSSR count). The Morgan fingerprint density at radius 2 is 2.07 bits per heavy atom. The molecule has 0 saturated carbocycles. The molecular formula is C23H25FN3O+. The van der Waals surface area contributed by atoms with Gasteiger partial charge in [0.05, 0.1) is 23.5 Å². The Hall–Kier alpha value is -2.66. The van der Waals surface area contributed by atoms with Crippen molar-refractivity contribution in [2.24, 2.45) is 5.92 Å². The predicted molar refractivity (Wildman–Crippen MR) is 108 cm³/mol. The topological polar surface area (TPSA) is 52.7 Å². The number of anilines is 1. The smallest absolute Gasteiger partial charge is 0.299 e. The van der Waals surface area contributed by atoms with E-state index in [1.807, 2.05) is 23.1 Å². The van der Waals surface area contributed by atoms with Crippen LogP contribution in [0.15, 0.2) is 42.5 Å². The van der Waals surface area contributed by atoms with Gasteiger partial charge in [0.15, 0.2) is 0 Å². The number of nitrogens with one attached hydrogen (secondary N) is 1. The van der Waals surface area contributed by atoms with Gasteiger partial charge in [0.1, 0.15) is 5.82 Å². The van der Waals surface area contributed by atoms with Gasteiger partial charge in [-0.2, -0.15) is 0 Å². The summed E-state index contributed by atoms with van der Waals surface area (Å²) in [6, 6.07) is 13.0. The molecule has 3 heterocycles. The fraction of sp³-hybridized carbons (Fsp3) is 0.348. The van der Waals surface area contributed by atoms with Crippen LogP contribution < -0.4 is 10.2 Å². The molecule has 0 unspecified atom stereocenters. The maximum atomic E-state index is 13.9. The van der Waals surface area contributed by atoms with Crippen LogP contribution >= 0.6 is 0 Å². The largest absolute Gasteiger partial charge is 0.352 e. The van der Waals surface area contributed by atoms with Gasteiger partial charge in [-0.15, -0.1) is 0 Å². The van der Waals surface area contributed by atoms with Crippen molar-refractivity contribution in [2.75, 3.05) is 18.0 Å². The molecule has 28 heavy (non-hydrogen) atoms. The highest BCUT2D eigenvalue weighted by Crippen LogP contribution is 2.45. The molecule has 2 aliphatic rings. The number of para-hydroxylation sites is 1. The van der Waals surface area contributed by atoms with Crippen molar-refractivity contribution >= 4 is 22.5 Å². The summed E-state index contributed by atoms with van der Waals surface area (Å²) in [6.45, 7) is 5.88. The van der Waals surface area contributed by atoms with Gasteiger partial charge in [-0.25, -0.2) is 4.39 Å². The number of amides is 1. The highest BCUT2D eigenvalue weighted by molar-refractivity contribution is 6.09. The summed E-state index contributed by atoms with van der Waals surface area (Å²) in [5.74, 6) is 0.399. The third-order valence-electron chi connectivity index (χ3n) is 6.24. The number of hydrogen-bond donors (Lipinski definition) is 2. The standard InChI is InChI=1S/C23H24FN3O/c1-14(2)10-12-27-20-6-4-3-5-18(20)23(22(27)28)21-16(9-11-25-23)17-13-15(24)7-8-19(17)26-21/h3-8,13-14,25-26H,9-12H2,1-2H3/p+1/t23-/m1/s1. The molecule has 0 saturated heterocycles. The molecule has 0 aliphatic carbocycles. The number of rotatable bonds is 3. The van der Waals surface area contributed by atoms with E-state index in [1.165, 1.54) is 6.07 Å². The maximum Gasteiger partial charge on any atom is 0.299 e. The number of nitrogens with zero attached hydrogens (tertiary/aromatic N) is 1. The molecule has 1 aromatic heterocycles. The Balaban J connectivity index is 1.73. The lowest BCUT2D eigenvalue weighted by molar-refractivity contribution is -0.714. The zero-order valence-corrected chi connectivity index (χ0v) is 16.3. The van der Waals surface area contributed by atoms with E-state index in [9.17, 15) is 9.18 Å². The third kappa shape index (κ3) is 2.29. The summed E-state index contributed by atoms with van der Waals surface area (Å²) in [5, 5.41) is 3.06. The second kappa shape index (κ2) is 6.17. The number of aromatic nitrogens is 1. The van der Waals surface area contributed by atoms with E-state index >= 15 is 0 Å². The van der Waals surface area contributed by atoms with Crippen LogP contribution in [-0.2, 0) is 16.8 Å². The molecule has 5 heteroatoms. The number of quaternary nitrogens is 1. The van der Waals surface area contributed by atoms with Crippen molar-refractivity contribution in [2.45, 2.75) is 32.2 Å². The molecule has 1 spiro atoms. The first-order valence-corrected chi connectivity index (χ1v) is 10.1. The molecule has 2 aromatic carbocycles. The van der Waals surface area contributed by atoms with Crippen molar-refractivity contribution in [3.63, 3.8) is 0 Å². The summed E-state index contributed by atoms with van der Waals surface area (Å²) >= 11 is 0. The van der Waals surface area contributed by atoms with Gasteiger partial charge in [-0.05, 0) is 48.2 Å². The summed E-state index contributed by atoms with van der Waals surface area (Å²) in [7, 11) is 0. The minimum Gasteiger partial charge on any atom is -0.352 e. The summed E-state index contributed by atoms with van der Waals surface area (Å²) in [4.78, 5) is 19.3. The first kappa shape index (κ1) is 17.4. The Bertz CT molecular complexity index is 1090. The average molecular weight is 378 g/mol. The Morgan fingerprint density at radius 1 is 1.25 bits per heavy atom. The molecule has 3 N–H and O–H groups in total. The van der Waals surface area contributed by atoms with E-state index in [1.54, 1.807) is 12.1 Å². The zero-order chi connectivity index (χ0) is 19.5. The SMILES string of the molecule is CC(C)CCN1C(=O)[C@@]2([NH2+]CCc3c2[nH]c2ccc(F)cc32)c2ccccc21. The van der Waals surface area contributed by atoms with E-state index in [4.69, 9.17) is 0 Å². The van der Waals surface area contributed by atoms with Crippen LogP contribution in [0.4, 0.5) is 10.1 Å². The molecule has 0 fully saturated rings. The van der Waals surface area contributed by atoms with E-state index in [-0.39, 0.29) is 11.7 Å². The minimum absolute atomic E-state index is 0.113. The summed E-state index contributed by atoms with van der Waals surface area (Å²) in [6.07, 6.45) is 1.78. The first-order valence-electron chi connectivity index (χ1n) is 10.1. The van der Waals surface area contributed by atoms with Gasteiger partial charge in [0.2, 0.25) is 5.54 Å². The van der Waals surface area contributed by atoms with Crippen LogP contribution in [0.3, 0.4) is 0 Å². The number of carbonyl (C=O) groups excluding carboxylic acids is 1. The van der Waals surface area contributed by atoms with Gasteiger partial charge in [0.25, 0.3) is 5.91 Å². The van der Waals surface area contributed by atoms with Gasteiger partial charge in [-0.1, -0.05) is 26.0 Å². The van der Waals surface area contributed by atoms with E-state index < -0.39 is 5.54 Å². The predicted octanol–water partition coefficient (Wildman–Crippen LogP) is 3.06. The maximum absolute atomic E-state index is 13.9. The minimum atomic E-state index is -0.795.